The number of para-hydroxylation sites is 1. The van der Waals surface area contributed by atoms with E-state index >= 15 is 0 Å². The largest absolute Gasteiger partial charge is 0.496 e. The van der Waals surface area contributed by atoms with Gasteiger partial charge in [0.05, 0.1) is 7.11 Å². The van der Waals surface area contributed by atoms with Crippen LogP contribution in [0, 0.1) is 5.82 Å². The van der Waals surface area contributed by atoms with Gasteiger partial charge < -0.3 is 19.3 Å². The zero-order chi connectivity index (χ0) is 29.2. The monoisotopic (exact) mass is 564 g/mol. The van der Waals surface area contributed by atoms with Gasteiger partial charge in [-0.15, -0.1) is 0 Å². The summed E-state index contributed by atoms with van der Waals surface area (Å²) in [6.07, 6.45) is 2.71. The first-order chi connectivity index (χ1) is 20.4. The van der Waals surface area contributed by atoms with E-state index in [-0.39, 0.29) is 24.3 Å². The molecule has 42 heavy (non-hydrogen) atoms. The minimum Gasteiger partial charge on any atom is -0.496 e. The molecule has 7 heteroatoms. The molecule has 0 aliphatic heterocycles. The molecule has 1 aromatic heterocycles. The Morgan fingerprint density at radius 3 is 2.57 bits per heavy atom. The van der Waals surface area contributed by atoms with Gasteiger partial charge in [0.25, 0.3) is 0 Å². The molecule has 1 aliphatic rings. The molecule has 0 saturated heterocycles. The number of halogens is 1. The first kappa shape index (κ1) is 27.5. The van der Waals surface area contributed by atoms with Gasteiger partial charge in [-0.05, 0) is 77.4 Å². The van der Waals surface area contributed by atoms with Crippen molar-refractivity contribution < 1.29 is 23.8 Å². The number of carbonyl (C=O) groups excluding carboxylic acids is 1. The van der Waals surface area contributed by atoms with Crippen LogP contribution in [0.5, 0.6) is 5.75 Å². The summed E-state index contributed by atoms with van der Waals surface area (Å²) in [6, 6.07) is 26.5. The molecule has 1 amide bonds. The molecule has 0 bridgehead atoms. The molecule has 1 heterocycles. The van der Waals surface area contributed by atoms with Crippen molar-refractivity contribution in [3.05, 3.63) is 113 Å². The number of hydrogen-bond donors (Lipinski definition) is 1. The Morgan fingerprint density at radius 2 is 1.74 bits per heavy atom. The molecule has 0 spiro atoms. The van der Waals surface area contributed by atoms with E-state index in [1.807, 2.05) is 47.4 Å². The molecule has 1 aliphatic carbocycles. The summed E-state index contributed by atoms with van der Waals surface area (Å²) in [5.74, 6) is -0.491. The van der Waals surface area contributed by atoms with Crippen LogP contribution >= 0.6 is 0 Å². The van der Waals surface area contributed by atoms with Crippen LogP contribution in [0.15, 0.2) is 84.9 Å². The quantitative estimate of drug-likeness (QED) is 0.221. The molecule has 1 N–H and O–H groups in total. The minimum atomic E-state index is -0.940. The van der Waals surface area contributed by atoms with Gasteiger partial charge in [0.1, 0.15) is 18.1 Å². The molecular formula is C35H33FN2O4. The number of carboxylic acid groups (broad SMARTS) is 1. The van der Waals surface area contributed by atoms with Crippen LogP contribution in [-0.2, 0) is 41.9 Å². The third kappa shape index (κ3) is 5.34. The van der Waals surface area contributed by atoms with Crippen molar-refractivity contribution in [2.24, 2.45) is 0 Å². The Hall–Kier alpha value is -4.65. The van der Waals surface area contributed by atoms with Gasteiger partial charge in [-0.2, -0.15) is 0 Å². The van der Waals surface area contributed by atoms with Crippen molar-refractivity contribution in [1.82, 2.24) is 9.47 Å². The van der Waals surface area contributed by atoms with Crippen LogP contribution in [0.4, 0.5) is 4.39 Å². The fourth-order valence-electron chi connectivity index (χ4n) is 6.52. The van der Waals surface area contributed by atoms with E-state index in [1.165, 1.54) is 12.1 Å². The summed E-state index contributed by atoms with van der Waals surface area (Å²) in [5.41, 5.74) is 4.62. The number of carboxylic acids is 1. The lowest BCUT2D eigenvalue weighted by molar-refractivity contribution is -0.137. The minimum absolute atomic E-state index is 0.0442. The van der Waals surface area contributed by atoms with Gasteiger partial charge in [-0.25, -0.2) is 4.39 Å². The summed E-state index contributed by atoms with van der Waals surface area (Å²) in [7, 11) is 1.64. The number of aliphatic carboxylic acids is 1. The highest BCUT2D eigenvalue weighted by atomic mass is 19.1. The second-order valence-corrected chi connectivity index (χ2v) is 10.9. The summed E-state index contributed by atoms with van der Waals surface area (Å²) in [6.45, 7) is 0.272. The zero-order valence-corrected chi connectivity index (χ0v) is 23.6. The third-order valence-corrected chi connectivity index (χ3v) is 8.48. The van der Waals surface area contributed by atoms with Gasteiger partial charge in [0.15, 0.2) is 0 Å². The number of rotatable bonds is 9. The summed E-state index contributed by atoms with van der Waals surface area (Å²) >= 11 is 0. The summed E-state index contributed by atoms with van der Waals surface area (Å²) in [5, 5.41) is 12.6. The van der Waals surface area contributed by atoms with E-state index < -0.39 is 5.97 Å². The predicted octanol–water partition coefficient (Wildman–Crippen LogP) is 6.55. The van der Waals surface area contributed by atoms with Gasteiger partial charge >= 0.3 is 5.97 Å². The number of methoxy groups -OCH3 is 1. The summed E-state index contributed by atoms with van der Waals surface area (Å²) < 4.78 is 21.7. The van der Waals surface area contributed by atoms with Gasteiger partial charge in [-0.3, -0.25) is 9.59 Å². The van der Waals surface area contributed by atoms with E-state index in [9.17, 15) is 19.1 Å². The number of amides is 1. The van der Waals surface area contributed by atoms with Crippen molar-refractivity contribution in [1.29, 1.82) is 0 Å². The predicted molar refractivity (Wildman–Crippen MR) is 161 cm³/mol. The Balaban J connectivity index is 1.36. The van der Waals surface area contributed by atoms with E-state index in [0.717, 1.165) is 44.3 Å². The molecule has 5 aromatic rings. The fraction of sp³-hybridized carbons (Fsp3) is 0.257. The smallest absolute Gasteiger partial charge is 0.323 e. The van der Waals surface area contributed by atoms with Crippen molar-refractivity contribution in [2.45, 2.75) is 51.2 Å². The number of fused-ring (bicyclic) bond motifs is 4. The van der Waals surface area contributed by atoms with Crippen LogP contribution < -0.4 is 4.74 Å². The molecule has 6 nitrogen and oxygen atoms in total. The standard InChI is InChI=1S/C35H33FN2O4/c1-42-33-12-5-3-8-24(33)13-18-34(39)37(21-25-10-6-9-23-7-2-4-11-28(23)25)27-15-17-32-30(20-27)29-19-26(36)14-16-31(29)38(32)22-35(40)41/h2-12,14,16,19,27H,13,15,17-18,20-22H2,1H3,(H,40,41)/t27-/m0/s1. The highest BCUT2D eigenvalue weighted by Gasteiger charge is 2.32. The van der Waals surface area contributed by atoms with Crippen LogP contribution in [0.1, 0.15) is 35.2 Å². The van der Waals surface area contributed by atoms with Crippen LogP contribution in [-0.4, -0.2) is 39.6 Å². The number of carbonyl (C=O) groups is 2. The lowest BCUT2D eigenvalue weighted by atomic mass is 9.89. The number of benzene rings is 4. The lowest BCUT2D eigenvalue weighted by Gasteiger charge is -2.35. The van der Waals surface area contributed by atoms with Crippen LogP contribution in [0.25, 0.3) is 21.7 Å². The normalized spacial score (nSPS) is 14.6. The van der Waals surface area contributed by atoms with E-state index in [4.69, 9.17) is 4.74 Å². The molecule has 4 aromatic carbocycles. The second-order valence-electron chi connectivity index (χ2n) is 10.9. The molecule has 6 rings (SSSR count). The summed E-state index contributed by atoms with van der Waals surface area (Å²) in [4.78, 5) is 27.8. The first-order valence-corrected chi connectivity index (χ1v) is 14.3. The first-order valence-electron chi connectivity index (χ1n) is 14.3. The maximum Gasteiger partial charge on any atom is 0.323 e. The average Bonchev–Trinajstić information content (AvgIpc) is 3.29. The Kier molecular flexibility index (Phi) is 7.66. The topological polar surface area (TPSA) is 71.8 Å². The average molecular weight is 565 g/mol. The van der Waals surface area contributed by atoms with Gasteiger partial charge in [-0.1, -0.05) is 60.7 Å². The SMILES string of the molecule is COc1ccccc1CCC(=O)N(Cc1cccc2ccccc12)[C@H]1CCc2c(c3cc(F)ccc3n2CC(=O)O)C1. The Morgan fingerprint density at radius 1 is 0.976 bits per heavy atom. The number of aryl methyl sites for hydroxylation is 1. The molecule has 0 unspecified atom stereocenters. The van der Waals surface area contributed by atoms with Crippen LogP contribution in [0.3, 0.4) is 0 Å². The maximum absolute atomic E-state index is 14.4. The lowest BCUT2D eigenvalue weighted by Crippen LogP contribution is -2.43. The van der Waals surface area contributed by atoms with Crippen molar-refractivity contribution in [3.63, 3.8) is 0 Å². The number of hydrogen-bond acceptors (Lipinski definition) is 3. The number of aromatic nitrogens is 1. The fourth-order valence-corrected chi connectivity index (χ4v) is 6.52. The second kappa shape index (κ2) is 11.7. The number of ether oxygens (including phenoxy) is 1. The molecule has 0 fully saturated rings. The van der Waals surface area contributed by atoms with Gasteiger partial charge in [0, 0.05) is 35.6 Å². The van der Waals surface area contributed by atoms with Crippen LogP contribution in [0.2, 0.25) is 0 Å². The van der Waals surface area contributed by atoms with Crippen molar-refractivity contribution >= 4 is 33.6 Å². The van der Waals surface area contributed by atoms with E-state index in [0.29, 0.717) is 44.2 Å². The van der Waals surface area contributed by atoms with Crippen molar-refractivity contribution in [2.75, 3.05) is 7.11 Å². The molecule has 214 valence electrons. The van der Waals surface area contributed by atoms with E-state index in [1.54, 1.807) is 17.7 Å². The molecule has 0 saturated carbocycles. The number of nitrogens with zero attached hydrogens (tertiary/aromatic N) is 2. The molecule has 0 radical (unpaired) electrons. The van der Waals surface area contributed by atoms with E-state index in [2.05, 4.69) is 24.3 Å². The Bertz CT molecular complexity index is 1790. The molecular weight excluding hydrogens is 531 g/mol. The zero-order valence-electron chi connectivity index (χ0n) is 23.6. The highest BCUT2D eigenvalue weighted by molar-refractivity contribution is 5.88. The molecule has 1 atom stereocenters. The van der Waals surface area contributed by atoms with Gasteiger partial charge in [0.2, 0.25) is 5.91 Å². The maximum atomic E-state index is 14.4. The van der Waals surface area contributed by atoms with Crippen molar-refractivity contribution in [3.8, 4) is 5.75 Å². The Labute approximate surface area is 243 Å². The highest BCUT2D eigenvalue weighted by Crippen LogP contribution is 2.35. The third-order valence-electron chi connectivity index (χ3n) is 8.48.